The molecular weight excluding hydrogens is 408 g/mol. The van der Waals surface area contributed by atoms with E-state index < -0.39 is 17.4 Å². The number of hydrogen-bond acceptors (Lipinski definition) is 5. The molecular formula is C24H30N4O4. The van der Waals surface area contributed by atoms with Crippen LogP contribution in [0.3, 0.4) is 0 Å². The molecule has 2 aliphatic rings. The summed E-state index contributed by atoms with van der Waals surface area (Å²) in [5.41, 5.74) is 0.601. The Morgan fingerprint density at radius 1 is 1.25 bits per heavy atom. The van der Waals surface area contributed by atoms with Crippen molar-refractivity contribution < 1.29 is 19.1 Å². The van der Waals surface area contributed by atoms with Crippen LogP contribution in [-0.2, 0) is 22.5 Å². The van der Waals surface area contributed by atoms with E-state index in [1.54, 1.807) is 11.5 Å². The summed E-state index contributed by atoms with van der Waals surface area (Å²) in [4.78, 5) is 45.4. The Balaban J connectivity index is 1.79. The number of methoxy groups -OCH3 is 1. The number of esters is 1. The minimum absolute atomic E-state index is 0.0381. The van der Waals surface area contributed by atoms with Gasteiger partial charge in [-0.05, 0) is 43.9 Å². The molecule has 0 bridgehead atoms. The van der Waals surface area contributed by atoms with E-state index in [0.29, 0.717) is 5.69 Å². The lowest BCUT2D eigenvalue weighted by atomic mass is 9.90. The van der Waals surface area contributed by atoms with Crippen molar-refractivity contribution in [3.05, 3.63) is 47.5 Å². The first-order valence-electron chi connectivity index (χ1n) is 11.3. The molecule has 0 spiro atoms. The fourth-order valence-corrected chi connectivity index (χ4v) is 4.78. The van der Waals surface area contributed by atoms with E-state index in [1.165, 1.54) is 24.8 Å². The van der Waals surface area contributed by atoms with E-state index in [4.69, 9.17) is 4.74 Å². The number of nitrogens with zero attached hydrogens (tertiary/aromatic N) is 3. The zero-order valence-corrected chi connectivity index (χ0v) is 18.9. The van der Waals surface area contributed by atoms with Crippen molar-refractivity contribution in [3.8, 4) is 0 Å². The van der Waals surface area contributed by atoms with Gasteiger partial charge < -0.3 is 14.6 Å². The average molecular weight is 439 g/mol. The van der Waals surface area contributed by atoms with E-state index in [2.05, 4.69) is 10.3 Å². The minimum Gasteiger partial charge on any atom is -0.464 e. The van der Waals surface area contributed by atoms with E-state index in [9.17, 15) is 14.4 Å². The Morgan fingerprint density at radius 2 is 2.00 bits per heavy atom. The van der Waals surface area contributed by atoms with Gasteiger partial charge in [-0.3, -0.25) is 14.5 Å². The van der Waals surface area contributed by atoms with E-state index in [-0.39, 0.29) is 29.9 Å². The van der Waals surface area contributed by atoms with Crippen LogP contribution in [0.4, 0.5) is 5.69 Å². The molecule has 0 unspecified atom stereocenters. The lowest BCUT2D eigenvalue weighted by Gasteiger charge is -2.44. The number of aromatic nitrogens is 2. The fourth-order valence-electron chi connectivity index (χ4n) is 4.78. The van der Waals surface area contributed by atoms with E-state index >= 15 is 0 Å². The molecule has 32 heavy (non-hydrogen) atoms. The van der Waals surface area contributed by atoms with Gasteiger partial charge in [0.25, 0.3) is 5.91 Å². The van der Waals surface area contributed by atoms with Gasteiger partial charge in [-0.2, -0.15) is 0 Å². The molecule has 1 fully saturated rings. The summed E-state index contributed by atoms with van der Waals surface area (Å²) in [6, 6.07) is 7.73. The van der Waals surface area contributed by atoms with Gasteiger partial charge in [0.2, 0.25) is 5.91 Å². The van der Waals surface area contributed by atoms with Gasteiger partial charge in [0.1, 0.15) is 11.2 Å². The van der Waals surface area contributed by atoms with Crippen LogP contribution in [0.15, 0.2) is 30.6 Å². The molecule has 170 valence electrons. The van der Waals surface area contributed by atoms with Crippen molar-refractivity contribution in [2.24, 2.45) is 0 Å². The Morgan fingerprint density at radius 3 is 2.69 bits per heavy atom. The number of carbonyl (C=O) groups excluding carboxylic acids is 3. The maximum atomic E-state index is 13.8. The third-order valence-electron chi connectivity index (χ3n) is 6.60. The highest BCUT2D eigenvalue weighted by atomic mass is 16.5. The zero-order valence-electron chi connectivity index (χ0n) is 18.9. The van der Waals surface area contributed by atoms with E-state index in [1.807, 2.05) is 31.2 Å². The zero-order chi connectivity index (χ0) is 22.9. The third kappa shape index (κ3) is 3.78. The van der Waals surface area contributed by atoms with Crippen molar-refractivity contribution >= 4 is 23.5 Å². The smallest absolute Gasteiger partial charge is 0.359 e. The Hall–Kier alpha value is -3.16. The van der Waals surface area contributed by atoms with Crippen LogP contribution in [-0.4, -0.2) is 46.0 Å². The molecule has 2 aromatic rings. The molecule has 2 amide bonds. The minimum atomic E-state index is -1.18. The number of nitrogens with one attached hydrogen (secondary N) is 1. The lowest BCUT2D eigenvalue weighted by Crippen LogP contribution is -2.65. The summed E-state index contributed by atoms with van der Waals surface area (Å²) in [6.07, 6.45) is 7.51. The summed E-state index contributed by atoms with van der Waals surface area (Å²) in [5, 5.41) is 3.19. The number of amides is 2. The van der Waals surface area contributed by atoms with Gasteiger partial charge in [-0.1, -0.05) is 38.3 Å². The van der Waals surface area contributed by atoms with Crippen molar-refractivity contribution in [1.82, 2.24) is 14.9 Å². The molecule has 1 atom stereocenters. The van der Waals surface area contributed by atoms with Crippen LogP contribution >= 0.6 is 0 Å². The molecule has 0 radical (unpaired) electrons. The molecule has 1 N–H and O–H groups in total. The Kier molecular flexibility index (Phi) is 6.04. The molecule has 0 saturated heterocycles. The highest BCUT2D eigenvalue weighted by Gasteiger charge is 2.50. The number of aryl methyl sites for hydroxylation is 1. The number of fused-ring (bicyclic) bond motifs is 1. The third-order valence-corrected chi connectivity index (χ3v) is 6.60. The van der Waals surface area contributed by atoms with Crippen LogP contribution in [0.25, 0.3) is 0 Å². The second-order valence-electron chi connectivity index (χ2n) is 8.81. The number of benzene rings is 1. The maximum Gasteiger partial charge on any atom is 0.359 e. The predicted octanol–water partition coefficient (Wildman–Crippen LogP) is 3.10. The number of rotatable bonds is 5. The summed E-state index contributed by atoms with van der Waals surface area (Å²) < 4.78 is 6.41. The molecule has 8 heteroatoms. The first kappa shape index (κ1) is 22.0. The summed E-state index contributed by atoms with van der Waals surface area (Å²) >= 11 is 0. The largest absolute Gasteiger partial charge is 0.464 e. The molecule has 4 rings (SSSR count). The molecule has 1 aromatic carbocycles. The average Bonchev–Trinajstić information content (AvgIpc) is 3.23. The summed E-state index contributed by atoms with van der Waals surface area (Å²) in [6.45, 7) is 4.01. The SMILES string of the molecule is CCc1cccc(N2C(=O)c3c(C(=O)OC)ncn3C[C@@]2(C)C(=O)NC2CCCCC2)c1. The first-order valence-corrected chi connectivity index (χ1v) is 11.3. The Bertz CT molecular complexity index is 1040. The van der Waals surface area contributed by atoms with Crippen LogP contribution in [0.1, 0.15) is 72.5 Å². The summed E-state index contributed by atoms with van der Waals surface area (Å²) in [7, 11) is 1.26. The van der Waals surface area contributed by atoms with E-state index in [0.717, 1.165) is 37.7 Å². The molecule has 1 saturated carbocycles. The van der Waals surface area contributed by atoms with Crippen LogP contribution in [0, 0.1) is 0 Å². The van der Waals surface area contributed by atoms with Gasteiger partial charge >= 0.3 is 5.97 Å². The molecule has 1 aliphatic heterocycles. The molecule has 2 heterocycles. The number of ether oxygens (including phenoxy) is 1. The van der Waals surface area contributed by atoms with Crippen molar-refractivity contribution in [2.45, 2.75) is 70.5 Å². The second kappa shape index (κ2) is 8.76. The predicted molar refractivity (Wildman–Crippen MR) is 120 cm³/mol. The number of carbonyl (C=O) groups is 3. The molecule has 1 aliphatic carbocycles. The molecule has 8 nitrogen and oxygen atoms in total. The topological polar surface area (TPSA) is 93.5 Å². The maximum absolute atomic E-state index is 13.8. The standard InChI is InChI=1S/C24H30N4O4/c1-4-16-9-8-12-18(13-16)28-21(29)20-19(22(30)32-3)25-15-27(20)14-24(28,2)23(31)26-17-10-6-5-7-11-17/h8-9,12-13,15,17H,4-7,10-11,14H2,1-3H3,(H,26,31)/t24-/m0/s1. The number of imidazole rings is 1. The summed E-state index contributed by atoms with van der Waals surface area (Å²) in [5.74, 6) is -1.31. The fraction of sp³-hybridized carbons (Fsp3) is 0.500. The second-order valence-corrected chi connectivity index (χ2v) is 8.81. The van der Waals surface area contributed by atoms with Crippen LogP contribution in [0.5, 0.6) is 0 Å². The normalized spacial score (nSPS) is 21.2. The first-order chi connectivity index (χ1) is 15.4. The quantitative estimate of drug-likeness (QED) is 0.724. The van der Waals surface area contributed by atoms with Gasteiger partial charge in [-0.25, -0.2) is 9.78 Å². The van der Waals surface area contributed by atoms with Gasteiger partial charge in [-0.15, -0.1) is 0 Å². The monoisotopic (exact) mass is 438 g/mol. The highest BCUT2D eigenvalue weighted by Crippen LogP contribution is 2.34. The van der Waals surface area contributed by atoms with Crippen LogP contribution in [0.2, 0.25) is 0 Å². The van der Waals surface area contributed by atoms with Gasteiger partial charge in [0, 0.05) is 11.7 Å². The van der Waals surface area contributed by atoms with Crippen molar-refractivity contribution in [1.29, 1.82) is 0 Å². The van der Waals surface area contributed by atoms with Gasteiger partial charge in [0.05, 0.1) is 20.0 Å². The van der Waals surface area contributed by atoms with Crippen molar-refractivity contribution in [2.75, 3.05) is 12.0 Å². The highest BCUT2D eigenvalue weighted by molar-refractivity contribution is 6.15. The molecule has 1 aromatic heterocycles. The lowest BCUT2D eigenvalue weighted by molar-refractivity contribution is -0.127. The van der Waals surface area contributed by atoms with Crippen LogP contribution < -0.4 is 10.2 Å². The number of anilines is 1. The van der Waals surface area contributed by atoms with Crippen molar-refractivity contribution in [3.63, 3.8) is 0 Å². The van der Waals surface area contributed by atoms with Gasteiger partial charge in [0.15, 0.2) is 5.69 Å². The number of hydrogen-bond donors (Lipinski definition) is 1. The Labute approximate surface area is 187 Å².